The second kappa shape index (κ2) is 7.78. The number of amides is 1. The van der Waals surface area contributed by atoms with Crippen molar-refractivity contribution in [3.05, 3.63) is 62.1 Å². The Morgan fingerprint density at radius 1 is 1.29 bits per heavy atom. The number of nitro groups is 1. The van der Waals surface area contributed by atoms with Crippen molar-refractivity contribution < 1.29 is 14.8 Å². The van der Waals surface area contributed by atoms with E-state index in [-0.39, 0.29) is 23.5 Å². The number of nitro benzene ring substituents is 1. The number of hydrogen-bond acceptors (Lipinski definition) is 5. The molecule has 0 heterocycles. The molecule has 0 spiro atoms. The molecular formula is C16H16BrN3O4. The number of carbonyl (C=O) groups is 1. The first kappa shape index (κ1) is 17.7. The van der Waals surface area contributed by atoms with Crippen LogP contribution in [0.1, 0.15) is 15.9 Å². The highest BCUT2D eigenvalue weighted by atomic mass is 79.9. The average Bonchev–Trinajstić information content (AvgIpc) is 2.55. The van der Waals surface area contributed by atoms with Crippen LogP contribution in [0.15, 0.2) is 40.9 Å². The first-order valence-electron chi connectivity index (χ1n) is 7.14. The van der Waals surface area contributed by atoms with E-state index in [1.807, 2.05) is 6.92 Å². The van der Waals surface area contributed by atoms with Crippen molar-refractivity contribution in [1.29, 1.82) is 0 Å². The van der Waals surface area contributed by atoms with Gasteiger partial charge in [-0.15, -0.1) is 0 Å². The number of benzene rings is 2. The summed E-state index contributed by atoms with van der Waals surface area (Å²) in [6, 6.07) is 9.58. The molecule has 0 aliphatic heterocycles. The minimum absolute atomic E-state index is 0.0240. The van der Waals surface area contributed by atoms with Crippen LogP contribution in [-0.4, -0.2) is 29.0 Å². The second-order valence-electron chi connectivity index (χ2n) is 5.10. The van der Waals surface area contributed by atoms with E-state index in [9.17, 15) is 20.0 Å². The van der Waals surface area contributed by atoms with Gasteiger partial charge in [-0.25, -0.2) is 0 Å². The summed E-state index contributed by atoms with van der Waals surface area (Å²) < 4.78 is 0.450. The fraction of sp³-hybridized carbons (Fsp3) is 0.188. The molecule has 0 aromatic heterocycles. The number of anilines is 1. The van der Waals surface area contributed by atoms with E-state index in [4.69, 9.17) is 0 Å². The Kier molecular flexibility index (Phi) is 5.75. The maximum absolute atomic E-state index is 12.1. The van der Waals surface area contributed by atoms with Crippen molar-refractivity contribution in [2.45, 2.75) is 6.92 Å². The molecule has 0 radical (unpaired) electrons. The van der Waals surface area contributed by atoms with Crippen LogP contribution >= 0.6 is 15.9 Å². The van der Waals surface area contributed by atoms with E-state index in [2.05, 4.69) is 26.6 Å². The van der Waals surface area contributed by atoms with Gasteiger partial charge in [0.2, 0.25) is 0 Å². The molecule has 3 N–H and O–H groups in total. The molecule has 0 aliphatic carbocycles. The molecule has 0 atom stereocenters. The number of hydrogen-bond donors (Lipinski definition) is 3. The third-order valence-corrected chi connectivity index (χ3v) is 3.88. The zero-order chi connectivity index (χ0) is 17.7. The largest absolute Gasteiger partial charge is 0.506 e. The minimum atomic E-state index is -0.469. The number of aryl methyl sites for hydroxylation is 1. The molecule has 1 amide bonds. The van der Waals surface area contributed by atoms with E-state index in [0.29, 0.717) is 16.7 Å². The summed E-state index contributed by atoms with van der Waals surface area (Å²) in [5.41, 5.74) is 1.37. The van der Waals surface area contributed by atoms with Gasteiger partial charge < -0.3 is 15.7 Å². The maximum atomic E-state index is 12.1. The van der Waals surface area contributed by atoms with Gasteiger partial charge in [0.25, 0.3) is 11.6 Å². The molecule has 8 heteroatoms. The van der Waals surface area contributed by atoms with Crippen LogP contribution in [0.5, 0.6) is 5.75 Å². The van der Waals surface area contributed by atoms with Crippen LogP contribution < -0.4 is 10.6 Å². The highest BCUT2D eigenvalue weighted by Gasteiger charge is 2.15. The Labute approximate surface area is 147 Å². The average molecular weight is 394 g/mol. The number of para-hydroxylation sites is 2. The Hall–Kier alpha value is -2.61. The van der Waals surface area contributed by atoms with E-state index in [1.165, 1.54) is 6.07 Å². The predicted molar refractivity (Wildman–Crippen MR) is 94.5 cm³/mol. The molecule has 0 fully saturated rings. The maximum Gasteiger partial charge on any atom is 0.292 e. The Bertz CT molecular complexity index is 780. The molecule has 0 bridgehead atoms. The lowest BCUT2D eigenvalue weighted by Gasteiger charge is -2.10. The summed E-state index contributed by atoms with van der Waals surface area (Å²) >= 11 is 3.19. The lowest BCUT2D eigenvalue weighted by Crippen LogP contribution is -2.29. The van der Waals surface area contributed by atoms with Gasteiger partial charge >= 0.3 is 0 Å². The van der Waals surface area contributed by atoms with Crippen LogP contribution in [0.4, 0.5) is 11.4 Å². The molecule has 2 aromatic carbocycles. The van der Waals surface area contributed by atoms with Crippen molar-refractivity contribution in [2.75, 3.05) is 18.4 Å². The predicted octanol–water partition coefficient (Wildman–Crippen LogP) is 3.21. The molecule has 0 unspecified atom stereocenters. The van der Waals surface area contributed by atoms with Crippen LogP contribution in [0.2, 0.25) is 0 Å². The number of rotatable bonds is 6. The van der Waals surface area contributed by atoms with Gasteiger partial charge in [0, 0.05) is 19.2 Å². The highest BCUT2D eigenvalue weighted by Crippen LogP contribution is 2.29. The fourth-order valence-electron chi connectivity index (χ4n) is 2.16. The fourth-order valence-corrected chi connectivity index (χ4v) is 2.73. The summed E-state index contributed by atoms with van der Waals surface area (Å²) in [6.07, 6.45) is 0. The van der Waals surface area contributed by atoms with Gasteiger partial charge in [0.15, 0.2) is 0 Å². The van der Waals surface area contributed by atoms with E-state index in [1.54, 1.807) is 30.3 Å². The Morgan fingerprint density at radius 2 is 2.00 bits per heavy atom. The molecule has 2 aromatic rings. The SMILES string of the molecule is Cc1cc(Br)c(O)c(C(=O)NCCNc2ccccc2[N+](=O)[O-])c1. The summed E-state index contributed by atoms with van der Waals surface area (Å²) in [5, 5.41) is 26.4. The van der Waals surface area contributed by atoms with Gasteiger partial charge in [-0.05, 0) is 46.6 Å². The van der Waals surface area contributed by atoms with Crippen molar-refractivity contribution in [2.24, 2.45) is 0 Å². The standard InChI is InChI=1S/C16H16BrN3O4/c1-10-8-11(15(21)12(17)9-10)16(22)19-7-6-18-13-4-2-3-5-14(13)20(23)24/h2-5,8-9,18,21H,6-7H2,1H3,(H,19,22). The number of phenolic OH excluding ortho intramolecular Hbond substituents is 1. The van der Waals surface area contributed by atoms with Gasteiger partial charge in [0.1, 0.15) is 11.4 Å². The normalized spacial score (nSPS) is 10.2. The van der Waals surface area contributed by atoms with Crippen molar-refractivity contribution in [3.63, 3.8) is 0 Å². The molecule has 0 saturated heterocycles. The zero-order valence-corrected chi connectivity index (χ0v) is 14.5. The Morgan fingerprint density at radius 3 is 2.71 bits per heavy atom. The number of carbonyl (C=O) groups excluding carboxylic acids is 1. The van der Waals surface area contributed by atoms with Crippen molar-refractivity contribution in [3.8, 4) is 5.75 Å². The third-order valence-electron chi connectivity index (χ3n) is 3.28. The lowest BCUT2D eigenvalue weighted by molar-refractivity contribution is -0.384. The molecule has 0 saturated carbocycles. The molecule has 7 nitrogen and oxygen atoms in total. The van der Waals surface area contributed by atoms with E-state index >= 15 is 0 Å². The molecule has 24 heavy (non-hydrogen) atoms. The van der Waals surface area contributed by atoms with Gasteiger partial charge in [-0.2, -0.15) is 0 Å². The number of nitrogens with zero attached hydrogens (tertiary/aromatic N) is 1. The monoisotopic (exact) mass is 393 g/mol. The first-order valence-corrected chi connectivity index (χ1v) is 7.94. The van der Waals surface area contributed by atoms with Gasteiger partial charge in [0.05, 0.1) is 15.0 Å². The number of phenols is 1. The second-order valence-corrected chi connectivity index (χ2v) is 5.95. The summed E-state index contributed by atoms with van der Waals surface area (Å²) in [6.45, 7) is 2.37. The van der Waals surface area contributed by atoms with Crippen molar-refractivity contribution >= 4 is 33.2 Å². The number of nitrogens with one attached hydrogen (secondary N) is 2. The lowest BCUT2D eigenvalue weighted by atomic mass is 10.1. The Balaban J connectivity index is 1.94. The third kappa shape index (κ3) is 4.23. The number of aromatic hydroxyl groups is 1. The summed E-state index contributed by atoms with van der Waals surface area (Å²) in [5.74, 6) is -0.536. The molecule has 126 valence electrons. The van der Waals surface area contributed by atoms with Crippen LogP contribution in [0, 0.1) is 17.0 Å². The van der Waals surface area contributed by atoms with Crippen molar-refractivity contribution in [1.82, 2.24) is 5.32 Å². The quantitative estimate of drug-likeness (QED) is 0.397. The van der Waals surface area contributed by atoms with Crippen LogP contribution in [0.25, 0.3) is 0 Å². The van der Waals surface area contributed by atoms with Gasteiger partial charge in [-0.3, -0.25) is 14.9 Å². The topological polar surface area (TPSA) is 104 Å². The molecule has 0 aliphatic rings. The summed E-state index contributed by atoms with van der Waals surface area (Å²) in [4.78, 5) is 22.6. The van der Waals surface area contributed by atoms with E-state index < -0.39 is 10.8 Å². The van der Waals surface area contributed by atoms with Gasteiger partial charge in [-0.1, -0.05) is 12.1 Å². The summed E-state index contributed by atoms with van der Waals surface area (Å²) in [7, 11) is 0. The van der Waals surface area contributed by atoms with Crippen LogP contribution in [-0.2, 0) is 0 Å². The molecular weight excluding hydrogens is 378 g/mol. The van der Waals surface area contributed by atoms with E-state index in [0.717, 1.165) is 5.56 Å². The number of halogens is 1. The smallest absolute Gasteiger partial charge is 0.292 e. The molecule has 2 rings (SSSR count). The zero-order valence-electron chi connectivity index (χ0n) is 12.9. The first-order chi connectivity index (χ1) is 11.4. The highest BCUT2D eigenvalue weighted by molar-refractivity contribution is 9.10. The van der Waals surface area contributed by atoms with Crippen LogP contribution in [0.3, 0.4) is 0 Å². The minimum Gasteiger partial charge on any atom is -0.506 e.